The maximum atomic E-state index is 13.4. The fraction of sp³-hybridized carbons (Fsp3) is 0.222. The van der Waals surface area contributed by atoms with Gasteiger partial charge in [-0.25, -0.2) is 0 Å². The molecule has 0 bridgehead atoms. The molecule has 7 N–H and O–H groups in total. The van der Waals surface area contributed by atoms with Crippen LogP contribution in [0.15, 0.2) is 97.1 Å². The number of phenols is 1. The van der Waals surface area contributed by atoms with Gasteiger partial charge in [0.1, 0.15) is 24.4 Å². The molecular weight excluding hydrogens is 630 g/mol. The van der Waals surface area contributed by atoms with Crippen LogP contribution in [0.4, 0.5) is 0 Å². The lowest BCUT2D eigenvalue weighted by atomic mass is 10.0. The molecule has 0 saturated heterocycles. The van der Waals surface area contributed by atoms with Crippen LogP contribution in [0, 0.1) is 0 Å². The Balaban J connectivity index is 1.39. The molecule has 0 unspecified atom stereocenters. The number of carbonyl (C=O) groups is 6. The predicted molar refractivity (Wildman–Crippen MR) is 180 cm³/mol. The van der Waals surface area contributed by atoms with Crippen molar-refractivity contribution < 1.29 is 39.0 Å². The van der Waals surface area contributed by atoms with E-state index in [1.165, 1.54) is 12.1 Å². The number of aromatic hydroxyl groups is 1. The summed E-state index contributed by atoms with van der Waals surface area (Å²) in [4.78, 5) is 75.0. The van der Waals surface area contributed by atoms with Crippen molar-refractivity contribution in [3.05, 3.63) is 114 Å². The summed E-state index contributed by atoms with van der Waals surface area (Å²) < 4.78 is 0. The summed E-state index contributed by atoms with van der Waals surface area (Å²) in [5.74, 6) is -4.39. The van der Waals surface area contributed by atoms with E-state index in [4.69, 9.17) is 5.11 Å². The summed E-state index contributed by atoms with van der Waals surface area (Å²) in [7, 11) is 0. The fourth-order valence-electron chi connectivity index (χ4n) is 4.98. The molecule has 0 aliphatic rings. The number of carboxylic acid groups (broad SMARTS) is 1. The highest BCUT2D eigenvalue weighted by atomic mass is 16.4. The van der Waals surface area contributed by atoms with Crippen LogP contribution >= 0.6 is 0 Å². The van der Waals surface area contributed by atoms with Gasteiger partial charge in [0.25, 0.3) is 0 Å². The number of hydrogen-bond acceptors (Lipinski definition) is 7. The van der Waals surface area contributed by atoms with Crippen molar-refractivity contribution in [1.82, 2.24) is 26.6 Å². The number of fused-ring (bicyclic) bond motifs is 1. The molecule has 0 aliphatic carbocycles. The highest BCUT2D eigenvalue weighted by Crippen LogP contribution is 2.16. The lowest BCUT2D eigenvalue weighted by Gasteiger charge is -2.21. The molecule has 0 spiro atoms. The number of benzene rings is 4. The molecule has 49 heavy (non-hydrogen) atoms. The minimum absolute atomic E-state index is 0.00921. The number of amides is 5. The van der Waals surface area contributed by atoms with Crippen LogP contribution in [0.5, 0.6) is 5.75 Å². The van der Waals surface area contributed by atoms with Crippen LogP contribution in [0.2, 0.25) is 0 Å². The first-order valence-electron chi connectivity index (χ1n) is 15.5. The molecule has 2 atom stereocenters. The minimum atomic E-state index is -1.24. The third kappa shape index (κ3) is 11.8. The molecular formula is C36H37N5O8. The lowest BCUT2D eigenvalue weighted by molar-refractivity contribution is -0.138. The molecule has 13 nitrogen and oxygen atoms in total. The van der Waals surface area contributed by atoms with Crippen LogP contribution in [-0.2, 0) is 48.0 Å². The second kappa shape index (κ2) is 17.6. The largest absolute Gasteiger partial charge is 0.508 e. The minimum Gasteiger partial charge on any atom is -0.508 e. The molecule has 0 aliphatic heterocycles. The third-order valence-corrected chi connectivity index (χ3v) is 7.42. The molecule has 0 heterocycles. The highest BCUT2D eigenvalue weighted by molar-refractivity contribution is 5.94. The summed E-state index contributed by atoms with van der Waals surface area (Å²) in [6.45, 7) is -1.65. The van der Waals surface area contributed by atoms with E-state index in [0.717, 1.165) is 16.3 Å². The zero-order valence-electron chi connectivity index (χ0n) is 26.5. The highest BCUT2D eigenvalue weighted by Gasteiger charge is 2.25. The normalized spacial score (nSPS) is 11.8. The van der Waals surface area contributed by atoms with Gasteiger partial charge in [0.05, 0.1) is 19.5 Å². The van der Waals surface area contributed by atoms with Crippen molar-refractivity contribution >= 4 is 46.3 Å². The molecule has 4 aromatic carbocycles. The standard InChI is InChI=1S/C36H37N5O8/c42-28-14-11-24(12-15-28)18-29(40-31(43)19-25-10-13-26-8-4-5-9-27(26)16-25)35(48)39-21-33(45)41-30(17-23-6-2-1-3-7-23)36(49)38-20-32(44)37-22-34(46)47/h1-16,29-30,42H,17-22H2,(H,37,44)(H,38,49)(H,39,48)(H,40,43)(H,41,45)(H,46,47)/t29-,30-/m0/s1. The quantitative estimate of drug-likeness (QED) is 0.0916. The lowest BCUT2D eigenvalue weighted by Crippen LogP contribution is -2.54. The van der Waals surface area contributed by atoms with E-state index in [-0.39, 0.29) is 25.0 Å². The van der Waals surface area contributed by atoms with Gasteiger partial charge in [-0.1, -0.05) is 84.9 Å². The van der Waals surface area contributed by atoms with Crippen LogP contribution in [0.3, 0.4) is 0 Å². The number of carbonyl (C=O) groups excluding carboxylic acids is 5. The van der Waals surface area contributed by atoms with Crippen LogP contribution in [0.1, 0.15) is 16.7 Å². The van der Waals surface area contributed by atoms with Gasteiger partial charge in [-0.2, -0.15) is 0 Å². The van der Waals surface area contributed by atoms with Gasteiger partial charge in [-0.15, -0.1) is 0 Å². The van der Waals surface area contributed by atoms with E-state index < -0.39 is 67.2 Å². The van der Waals surface area contributed by atoms with Crippen LogP contribution < -0.4 is 26.6 Å². The first kappa shape index (κ1) is 35.6. The van der Waals surface area contributed by atoms with Crippen molar-refractivity contribution in [2.24, 2.45) is 0 Å². The molecule has 0 radical (unpaired) electrons. The van der Waals surface area contributed by atoms with Crippen molar-refractivity contribution in [3.8, 4) is 5.75 Å². The van der Waals surface area contributed by atoms with Gasteiger partial charge in [0.2, 0.25) is 29.5 Å². The molecule has 0 saturated carbocycles. The second-order valence-electron chi connectivity index (χ2n) is 11.3. The third-order valence-electron chi connectivity index (χ3n) is 7.42. The molecule has 4 rings (SSSR count). The van der Waals surface area contributed by atoms with Crippen molar-refractivity contribution in [2.45, 2.75) is 31.3 Å². The fourth-order valence-corrected chi connectivity index (χ4v) is 4.98. The van der Waals surface area contributed by atoms with E-state index in [0.29, 0.717) is 11.1 Å². The van der Waals surface area contributed by atoms with Gasteiger partial charge in [-0.3, -0.25) is 28.8 Å². The molecule has 0 fully saturated rings. The van der Waals surface area contributed by atoms with Gasteiger partial charge < -0.3 is 36.8 Å². The Labute approximate surface area is 282 Å². The first-order valence-corrected chi connectivity index (χ1v) is 15.5. The monoisotopic (exact) mass is 667 g/mol. The summed E-state index contributed by atoms with van der Waals surface area (Å²) >= 11 is 0. The average Bonchev–Trinajstić information content (AvgIpc) is 3.09. The Morgan fingerprint density at radius 1 is 0.531 bits per heavy atom. The van der Waals surface area contributed by atoms with Crippen molar-refractivity contribution in [2.75, 3.05) is 19.6 Å². The number of aliphatic carboxylic acids is 1. The van der Waals surface area contributed by atoms with Gasteiger partial charge >= 0.3 is 5.97 Å². The number of hydrogen-bond donors (Lipinski definition) is 7. The summed E-state index contributed by atoms with van der Waals surface area (Å²) in [5, 5.41) is 32.8. The molecule has 0 aromatic heterocycles. The number of rotatable bonds is 16. The van der Waals surface area contributed by atoms with Gasteiger partial charge in [0, 0.05) is 12.8 Å². The van der Waals surface area contributed by atoms with Crippen LogP contribution in [-0.4, -0.2) is 77.4 Å². The summed E-state index contributed by atoms with van der Waals surface area (Å²) in [5.41, 5.74) is 2.12. The number of phenolic OH excluding ortho intramolecular Hbond substituents is 1. The van der Waals surface area contributed by atoms with E-state index in [9.17, 15) is 33.9 Å². The zero-order valence-corrected chi connectivity index (χ0v) is 26.5. The van der Waals surface area contributed by atoms with Gasteiger partial charge in [0.15, 0.2) is 0 Å². The zero-order chi connectivity index (χ0) is 35.2. The van der Waals surface area contributed by atoms with E-state index in [2.05, 4.69) is 26.6 Å². The Hall–Kier alpha value is -6.24. The molecule has 5 amide bonds. The first-order chi connectivity index (χ1) is 23.5. The molecule has 254 valence electrons. The Morgan fingerprint density at radius 2 is 1.06 bits per heavy atom. The Kier molecular flexibility index (Phi) is 12.8. The van der Waals surface area contributed by atoms with E-state index in [1.54, 1.807) is 42.5 Å². The Bertz CT molecular complexity index is 1800. The van der Waals surface area contributed by atoms with E-state index in [1.807, 2.05) is 42.5 Å². The summed E-state index contributed by atoms with van der Waals surface area (Å²) in [6, 6.07) is 26.1. The second-order valence-corrected chi connectivity index (χ2v) is 11.3. The SMILES string of the molecule is O=C(O)CNC(=O)CNC(=O)[C@H](Cc1ccccc1)NC(=O)CNC(=O)[C@H](Cc1ccc(O)cc1)NC(=O)Cc1ccc2ccccc2c1. The number of nitrogens with one attached hydrogen (secondary N) is 5. The smallest absolute Gasteiger partial charge is 0.322 e. The molecule has 4 aromatic rings. The topological polar surface area (TPSA) is 203 Å². The van der Waals surface area contributed by atoms with Crippen molar-refractivity contribution in [1.29, 1.82) is 0 Å². The number of carboxylic acids is 1. The van der Waals surface area contributed by atoms with Gasteiger partial charge in [-0.05, 0) is 39.6 Å². The predicted octanol–water partition coefficient (Wildman–Crippen LogP) is 0.976. The maximum Gasteiger partial charge on any atom is 0.322 e. The van der Waals surface area contributed by atoms with Crippen molar-refractivity contribution in [3.63, 3.8) is 0 Å². The maximum absolute atomic E-state index is 13.4. The van der Waals surface area contributed by atoms with E-state index >= 15 is 0 Å². The van der Waals surface area contributed by atoms with Crippen LogP contribution in [0.25, 0.3) is 10.8 Å². The summed E-state index contributed by atoms with van der Waals surface area (Å²) in [6.07, 6.45) is 0.146. The average molecular weight is 668 g/mol. The Morgan fingerprint density at radius 3 is 1.69 bits per heavy atom. The molecule has 13 heteroatoms.